The van der Waals surface area contributed by atoms with E-state index in [9.17, 15) is 24.8 Å². The number of non-ortho nitro benzene ring substituents is 1. The second-order valence-electron chi connectivity index (χ2n) is 8.28. The molecule has 4 atom stereocenters. The highest BCUT2D eigenvalue weighted by Gasteiger charge is 2.46. The van der Waals surface area contributed by atoms with Gasteiger partial charge in [-0.05, 0) is 17.2 Å². The third-order valence-electron chi connectivity index (χ3n) is 6.30. The molecule has 0 aliphatic heterocycles. The molecule has 8 nitrogen and oxygen atoms in total. The molecule has 0 spiro atoms. The van der Waals surface area contributed by atoms with Crippen LogP contribution in [0.15, 0.2) is 91.0 Å². The first-order valence-corrected chi connectivity index (χ1v) is 11.0. The number of amides is 1. The van der Waals surface area contributed by atoms with Crippen molar-refractivity contribution in [2.75, 3.05) is 12.4 Å². The van der Waals surface area contributed by atoms with Crippen LogP contribution in [0.5, 0.6) is 5.75 Å². The van der Waals surface area contributed by atoms with Gasteiger partial charge in [0.05, 0.1) is 29.6 Å². The molecule has 35 heavy (non-hydrogen) atoms. The molecule has 0 fully saturated rings. The van der Waals surface area contributed by atoms with Crippen molar-refractivity contribution in [2.45, 2.75) is 11.8 Å². The Morgan fingerprint density at radius 3 is 1.91 bits per heavy atom. The zero-order valence-corrected chi connectivity index (χ0v) is 18.9. The molecule has 2 N–H and O–H groups in total. The normalized spacial score (nSPS) is 21.2. The Labute approximate surface area is 202 Å². The smallest absolute Gasteiger partial charge is 0.308 e. The topological polar surface area (TPSA) is 119 Å². The van der Waals surface area contributed by atoms with Gasteiger partial charge in [0, 0.05) is 24.0 Å². The number of carboxylic acid groups (broad SMARTS) is 1. The SMILES string of the molecule is COc1ccc([N+](=O)[O-])cc1NC(=O)[C@H]1[C@@H](C(=O)O)[C@@H](c2ccccc2)C=C[C@H]1c1ccccc1. The quantitative estimate of drug-likeness (QED) is 0.284. The summed E-state index contributed by atoms with van der Waals surface area (Å²) in [7, 11) is 1.39. The maximum atomic E-state index is 13.8. The van der Waals surface area contributed by atoms with Gasteiger partial charge >= 0.3 is 5.97 Å². The van der Waals surface area contributed by atoms with E-state index in [0.717, 1.165) is 11.1 Å². The number of anilines is 1. The number of carbonyl (C=O) groups is 2. The number of nitrogens with one attached hydrogen (secondary N) is 1. The third kappa shape index (κ3) is 4.91. The van der Waals surface area contributed by atoms with Crippen LogP contribution < -0.4 is 10.1 Å². The van der Waals surface area contributed by atoms with Gasteiger partial charge in [-0.1, -0.05) is 72.8 Å². The van der Waals surface area contributed by atoms with Gasteiger partial charge in [0.15, 0.2) is 0 Å². The maximum Gasteiger partial charge on any atom is 0.308 e. The number of methoxy groups -OCH3 is 1. The van der Waals surface area contributed by atoms with Crippen LogP contribution in [0.4, 0.5) is 11.4 Å². The number of ether oxygens (including phenoxy) is 1. The van der Waals surface area contributed by atoms with Crippen molar-refractivity contribution < 1.29 is 24.4 Å². The minimum Gasteiger partial charge on any atom is -0.495 e. The average Bonchev–Trinajstić information content (AvgIpc) is 2.88. The van der Waals surface area contributed by atoms with E-state index in [1.165, 1.54) is 25.3 Å². The second-order valence-corrected chi connectivity index (χ2v) is 8.28. The van der Waals surface area contributed by atoms with Crippen LogP contribution in [0.25, 0.3) is 0 Å². The lowest BCUT2D eigenvalue weighted by molar-refractivity contribution is -0.384. The van der Waals surface area contributed by atoms with E-state index in [4.69, 9.17) is 4.74 Å². The lowest BCUT2D eigenvalue weighted by atomic mass is 9.66. The molecule has 0 bridgehead atoms. The average molecular weight is 472 g/mol. The van der Waals surface area contributed by atoms with Crippen molar-refractivity contribution in [3.8, 4) is 5.75 Å². The van der Waals surface area contributed by atoms with Crippen LogP contribution in [-0.4, -0.2) is 29.0 Å². The minimum atomic E-state index is -1.10. The number of benzene rings is 3. The highest BCUT2D eigenvalue weighted by Crippen LogP contribution is 2.45. The van der Waals surface area contributed by atoms with Crippen LogP contribution in [0.2, 0.25) is 0 Å². The second kappa shape index (κ2) is 10.2. The van der Waals surface area contributed by atoms with E-state index in [2.05, 4.69) is 5.32 Å². The zero-order chi connectivity index (χ0) is 24.9. The molecule has 3 aromatic carbocycles. The predicted octanol–water partition coefficient (Wildman–Crippen LogP) is 5.00. The number of carbonyl (C=O) groups excluding carboxylic acids is 1. The molecular weight excluding hydrogens is 448 g/mol. The van der Waals surface area contributed by atoms with Gasteiger partial charge in [-0.3, -0.25) is 19.7 Å². The number of nitro groups is 1. The first kappa shape index (κ1) is 23.7. The molecule has 3 aromatic rings. The molecule has 1 aliphatic rings. The van der Waals surface area contributed by atoms with Crippen molar-refractivity contribution >= 4 is 23.3 Å². The van der Waals surface area contributed by atoms with Gasteiger partial charge in [-0.15, -0.1) is 0 Å². The Hall–Kier alpha value is -4.46. The molecule has 0 radical (unpaired) electrons. The standard InChI is InChI=1S/C27H24N2O6/c1-35-23-15-12-19(29(33)34)16-22(23)28-26(30)24-20(17-8-4-2-5-9-17)13-14-21(25(24)27(31)32)18-10-6-3-7-11-18/h2-16,20-21,24-25H,1H3,(H,28,30)(H,31,32)/t20-,21+,24+,25-/m0/s1. The highest BCUT2D eigenvalue weighted by molar-refractivity contribution is 5.98. The van der Waals surface area contributed by atoms with E-state index in [1.54, 1.807) is 0 Å². The summed E-state index contributed by atoms with van der Waals surface area (Å²) in [6, 6.07) is 22.3. The lowest BCUT2D eigenvalue weighted by Crippen LogP contribution is -2.42. The van der Waals surface area contributed by atoms with Gasteiger partial charge in [0.1, 0.15) is 5.75 Å². The molecule has 178 valence electrons. The fourth-order valence-corrected chi connectivity index (χ4v) is 4.67. The van der Waals surface area contributed by atoms with E-state index in [1.807, 2.05) is 72.8 Å². The third-order valence-corrected chi connectivity index (χ3v) is 6.30. The molecule has 1 amide bonds. The number of hydrogen-bond donors (Lipinski definition) is 2. The van der Waals surface area contributed by atoms with Crippen LogP contribution in [0, 0.1) is 22.0 Å². The lowest BCUT2D eigenvalue weighted by Gasteiger charge is -2.37. The van der Waals surface area contributed by atoms with Gasteiger partial charge in [0.2, 0.25) is 5.91 Å². The van der Waals surface area contributed by atoms with E-state index in [0.29, 0.717) is 0 Å². The largest absolute Gasteiger partial charge is 0.495 e. The van der Waals surface area contributed by atoms with Gasteiger partial charge in [-0.25, -0.2) is 0 Å². The van der Waals surface area contributed by atoms with Crippen LogP contribution in [0.3, 0.4) is 0 Å². The fourth-order valence-electron chi connectivity index (χ4n) is 4.67. The summed E-state index contributed by atoms with van der Waals surface area (Å²) < 4.78 is 5.28. The van der Waals surface area contributed by atoms with Crippen molar-refractivity contribution in [2.24, 2.45) is 11.8 Å². The monoisotopic (exact) mass is 472 g/mol. The van der Waals surface area contributed by atoms with E-state index >= 15 is 0 Å². The highest BCUT2D eigenvalue weighted by atomic mass is 16.6. The van der Waals surface area contributed by atoms with Gasteiger partial charge < -0.3 is 15.2 Å². The number of nitro benzene ring substituents is 1. The summed E-state index contributed by atoms with van der Waals surface area (Å²) >= 11 is 0. The van der Waals surface area contributed by atoms with E-state index in [-0.39, 0.29) is 17.1 Å². The summed E-state index contributed by atoms with van der Waals surface area (Å²) in [6.45, 7) is 0. The Morgan fingerprint density at radius 2 is 1.43 bits per heavy atom. The predicted molar refractivity (Wildman–Crippen MR) is 130 cm³/mol. The molecule has 4 rings (SSSR count). The molecular formula is C27H24N2O6. The molecule has 1 aliphatic carbocycles. The van der Waals surface area contributed by atoms with E-state index < -0.39 is 40.5 Å². The number of allylic oxidation sites excluding steroid dienone is 2. The number of hydrogen-bond acceptors (Lipinski definition) is 5. The molecule has 8 heteroatoms. The van der Waals surface area contributed by atoms with Crippen LogP contribution in [-0.2, 0) is 9.59 Å². The molecule has 0 saturated heterocycles. The molecule has 0 heterocycles. The van der Waals surface area contributed by atoms with Gasteiger partial charge in [0.25, 0.3) is 5.69 Å². The number of aliphatic carboxylic acids is 1. The van der Waals surface area contributed by atoms with Crippen molar-refractivity contribution in [3.05, 3.63) is 112 Å². The Kier molecular flexibility index (Phi) is 6.91. The fraction of sp³-hybridized carbons (Fsp3) is 0.185. The molecule has 0 aromatic heterocycles. The first-order chi connectivity index (χ1) is 16.9. The minimum absolute atomic E-state index is 0.105. The summed E-state index contributed by atoms with van der Waals surface area (Å²) in [6.07, 6.45) is 3.73. The summed E-state index contributed by atoms with van der Waals surface area (Å²) in [5.74, 6) is -4.53. The molecule has 0 saturated carbocycles. The summed E-state index contributed by atoms with van der Waals surface area (Å²) in [4.78, 5) is 37.1. The first-order valence-electron chi connectivity index (χ1n) is 11.0. The zero-order valence-electron chi connectivity index (χ0n) is 18.9. The summed E-state index contributed by atoms with van der Waals surface area (Å²) in [5.41, 5.74) is 1.47. The Balaban J connectivity index is 1.79. The maximum absolute atomic E-state index is 13.8. The number of rotatable bonds is 7. The van der Waals surface area contributed by atoms with Crippen molar-refractivity contribution in [3.63, 3.8) is 0 Å². The number of nitrogens with zero attached hydrogens (tertiary/aromatic N) is 1. The summed E-state index contributed by atoms with van der Waals surface area (Å²) in [5, 5.41) is 24.3. The number of carboxylic acids is 1. The molecule has 0 unspecified atom stereocenters. The Bertz CT molecular complexity index is 1260. The van der Waals surface area contributed by atoms with Gasteiger partial charge in [-0.2, -0.15) is 0 Å². The van der Waals surface area contributed by atoms with Crippen molar-refractivity contribution in [1.29, 1.82) is 0 Å². The Morgan fingerprint density at radius 1 is 0.886 bits per heavy atom. The van der Waals surface area contributed by atoms with Crippen molar-refractivity contribution in [1.82, 2.24) is 0 Å². The van der Waals surface area contributed by atoms with Crippen LogP contribution >= 0.6 is 0 Å². The van der Waals surface area contributed by atoms with Crippen LogP contribution in [0.1, 0.15) is 23.0 Å².